The second kappa shape index (κ2) is 9.56. The van der Waals surface area contributed by atoms with Crippen LogP contribution in [0.3, 0.4) is 0 Å². The molecule has 0 bridgehead atoms. The number of carbonyl (C=O) groups is 2. The van der Waals surface area contributed by atoms with Crippen LogP contribution in [0.1, 0.15) is 34.2 Å². The van der Waals surface area contributed by atoms with Gasteiger partial charge in [0.2, 0.25) is 5.91 Å². The van der Waals surface area contributed by atoms with Crippen molar-refractivity contribution < 1.29 is 18.7 Å². The summed E-state index contributed by atoms with van der Waals surface area (Å²) in [5.74, 6) is 0.849. The lowest BCUT2D eigenvalue weighted by Gasteiger charge is -2.08. The first-order chi connectivity index (χ1) is 14.5. The van der Waals surface area contributed by atoms with Crippen LogP contribution in [-0.4, -0.2) is 24.6 Å². The average Bonchev–Trinajstić information content (AvgIpc) is 3.18. The number of hydrogen-bond donors (Lipinski definition) is 2. The van der Waals surface area contributed by atoms with Gasteiger partial charge in [-0.15, -0.1) is 0 Å². The molecule has 1 heterocycles. The Morgan fingerprint density at radius 1 is 1.03 bits per heavy atom. The SMILES string of the molecule is COc1ccc(CC(=O)Nc2ccc(/C(C)=N\NC(=O)c3ccoc3C)cc2)cc1. The molecule has 3 aromatic rings. The van der Waals surface area contributed by atoms with Gasteiger partial charge in [-0.25, -0.2) is 5.43 Å². The second-order valence-electron chi connectivity index (χ2n) is 6.68. The fourth-order valence-electron chi connectivity index (χ4n) is 2.81. The van der Waals surface area contributed by atoms with Gasteiger partial charge in [0.25, 0.3) is 5.91 Å². The van der Waals surface area contributed by atoms with Gasteiger partial charge in [0, 0.05) is 5.69 Å². The molecule has 7 heteroatoms. The van der Waals surface area contributed by atoms with Crippen LogP contribution in [0.2, 0.25) is 0 Å². The number of furan rings is 1. The third-order valence-corrected chi connectivity index (χ3v) is 4.54. The summed E-state index contributed by atoms with van der Waals surface area (Å²) in [4.78, 5) is 24.3. The van der Waals surface area contributed by atoms with Gasteiger partial charge in [-0.3, -0.25) is 9.59 Å². The highest BCUT2D eigenvalue weighted by Gasteiger charge is 2.11. The maximum Gasteiger partial charge on any atom is 0.274 e. The molecule has 3 rings (SSSR count). The number of nitrogens with zero attached hydrogens (tertiary/aromatic N) is 1. The molecule has 0 aliphatic carbocycles. The van der Waals surface area contributed by atoms with E-state index in [1.54, 1.807) is 39.2 Å². The van der Waals surface area contributed by atoms with E-state index < -0.39 is 0 Å². The van der Waals surface area contributed by atoms with Crippen molar-refractivity contribution in [1.29, 1.82) is 0 Å². The van der Waals surface area contributed by atoms with Crippen LogP contribution in [0.25, 0.3) is 0 Å². The number of aryl methyl sites for hydroxylation is 1. The lowest BCUT2D eigenvalue weighted by atomic mass is 10.1. The average molecular weight is 405 g/mol. The summed E-state index contributed by atoms with van der Waals surface area (Å²) in [7, 11) is 1.60. The maximum absolute atomic E-state index is 12.3. The molecule has 30 heavy (non-hydrogen) atoms. The molecule has 0 unspecified atom stereocenters. The van der Waals surface area contributed by atoms with Crippen molar-refractivity contribution in [1.82, 2.24) is 5.43 Å². The smallest absolute Gasteiger partial charge is 0.274 e. The van der Waals surface area contributed by atoms with E-state index in [2.05, 4.69) is 15.8 Å². The third kappa shape index (κ3) is 5.35. The number of methoxy groups -OCH3 is 1. The molecule has 154 valence electrons. The van der Waals surface area contributed by atoms with Gasteiger partial charge in [-0.05, 0) is 55.3 Å². The summed E-state index contributed by atoms with van der Waals surface area (Å²) in [6.45, 7) is 3.51. The highest BCUT2D eigenvalue weighted by molar-refractivity contribution is 6.01. The summed E-state index contributed by atoms with van der Waals surface area (Å²) < 4.78 is 10.2. The summed E-state index contributed by atoms with van der Waals surface area (Å²) in [6.07, 6.45) is 1.73. The molecule has 2 aromatic carbocycles. The normalized spacial score (nSPS) is 11.1. The minimum absolute atomic E-state index is 0.110. The zero-order valence-corrected chi connectivity index (χ0v) is 17.1. The number of hydrazone groups is 1. The lowest BCUT2D eigenvalue weighted by molar-refractivity contribution is -0.115. The monoisotopic (exact) mass is 405 g/mol. The Bertz CT molecular complexity index is 1050. The number of rotatable bonds is 7. The van der Waals surface area contributed by atoms with Gasteiger partial charge in [0.1, 0.15) is 11.5 Å². The van der Waals surface area contributed by atoms with Gasteiger partial charge in [0.15, 0.2) is 0 Å². The Labute approximate surface area is 174 Å². The molecule has 1 aromatic heterocycles. The first kappa shape index (κ1) is 20.9. The second-order valence-corrected chi connectivity index (χ2v) is 6.68. The van der Waals surface area contributed by atoms with Gasteiger partial charge in [-0.2, -0.15) is 5.10 Å². The quantitative estimate of drug-likeness (QED) is 0.460. The standard InChI is InChI=1S/C23H23N3O4/c1-15(25-26-23(28)21-12-13-30-16(21)2)18-6-8-19(9-7-18)24-22(27)14-17-4-10-20(29-3)11-5-17/h4-13H,14H2,1-3H3,(H,24,27)(H,26,28)/b25-15-. The van der Waals surface area contributed by atoms with E-state index in [0.717, 1.165) is 16.9 Å². The van der Waals surface area contributed by atoms with E-state index in [-0.39, 0.29) is 18.2 Å². The van der Waals surface area contributed by atoms with Crippen LogP contribution in [0.5, 0.6) is 5.75 Å². The number of nitrogens with one attached hydrogen (secondary N) is 2. The van der Waals surface area contributed by atoms with Gasteiger partial charge < -0.3 is 14.5 Å². The highest BCUT2D eigenvalue weighted by atomic mass is 16.5. The largest absolute Gasteiger partial charge is 0.497 e. The molecule has 0 aliphatic heterocycles. The van der Waals surface area contributed by atoms with E-state index >= 15 is 0 Å². The Morgan fingerprint density at radius 2 is 1.73 bits per heavy atom. The third-order valence-electron chi connectivity index (χ3n) is 4.54. The number of anilines is 1. The van der Waals surface area contributed by atoms with Crippen LogP contribution >= 0.6 is 0 Å². The van der Waals surface area contributed by atoms with Crippen molar-refractivity contribution in [3.8, 4) is 5.75 Å². The fourth-order valence-corrected chi connectivity index (χ4v) is 2.81. The molecule has 0 spiro atoms. The van der Waals surface area contributed by atoms with Crippen molar-refractivity contribution >= 4 is 23.2 Å². The summed E-state index contributed by atoms with van der Waals surface area (Å²) in [5.41, 5.74) is 6.01. The number of hydrogen-bond acceptors (Lipinski definition) is 5. The predicted octanol–water partition coefficient (Wildman–Crippen LogP) is 3.93. The van der Waals surface area contributed by atoms with Crippen molar-refractivity contribution in [2.24, 2.45) is 5.10 Å². The minimum atomic E-state index is -0.331. The minimum Gasteiger partial charge on any atom is -0.497 e. The van der Waals surface area contributed by atoms with Gasteiger partial charge in [-0.1, -0.05) is 24.3 Å². The van der Waals surface area contributed by atoms with Gasteiger partial charge in [0.05, 0.1) is 31.1 Å². The van der Waals surface area contributed by atoms with Crippen molar-refractivity contribution in [2.45, 2.75) is 20.3 Å². The molecule has 0 saturated carbocycles. The van der Waals surface area contributed by atoms with E-state index in [0.29, 0.717) is 22.7 Å². The fraction of sp³-hybridized carbons (Fsp3) is 0.174. The van der Waals surface area contributed by atoms with Crippen LogP contribution in [0.4, 0.5) is 5.69 Å². The lowest BCUT2D eigenvalue weighted by Crippen LogP contribution is -2.19. The molecule has 0 atom stereocenters. The molecule has 2 N–H and O–H groups in total. The Kier molecular flexibility index (Phi) is 6.64. The van der Waals surface area contributed by atoms with E-state index in [1.807, 2.05) is 36.4 Å². The molecule has 7 nitrogen and oxygen atoms in total. The molecular formula is C23H23N3O4. The van der Waals surface area contributed by atoms with E-state index in [9.17, 15) is 9.59 Å². The Morgan fingerprint density at radius 3 is 2.33 bits per heavy atom. The first-order valence-electron chi connectivity index (χ1n) is 9.38. The van der Waals surface area contributed by atoms with Crippen LogP contribution in [0, 0.1) is 6.92 Å². The summed E-state index contributed by atoms with van der Waals surface area (Å²) >= 11 is 0. The van der Waals surface area contributed by atoms with Crippen molar-refractivity contribution in [3.05, 3.63) is 83.3 Å². The summed E-state index contributed by atoms with van der Waals surface area (Å²) in [5, 5.41) is 7.00. The van der Waals surface area contributed by atoms with Crippen LogP contribution in [0.15, 0.2) is 70.4 Å². The Hall–Kier alpha value is -3.87. The number of benzene rings is 2. The zero-order chi connectivity index (χ0) is 21.5. The molecule has 0 saturated heterocycles. The molecule has 2 amide bonds. The summed E-state index contributed by atoms with van der Waals surface area (Å²) in [6, 6.07) is 16.2. The zero-order valence-electron chi connectivity index (χ0n) is 17.1. The van der Waals surface area contributed by atoms with Crippen LogP contribution in [-0.2, 0) is 11.2 Å². The topological polar surface area (TPSA) is 92.9 Å². The highest BCUT2D eigenvalue weighted by Crippen LogP contribution is 2.14. The van der Waals surface area contributed by atoms with Crippen molar-refractivity contribution in [3.63, 3.8) is 0 Å². The molecule has 0 fully saturated rings. The number of amides is 2. The Balaban J connectivity index is 1.56. The number of carbonyl (C=O) groups excluding carboxylic acids is 2. The van der Waals surface area contributed by atoms with Crippen LogP contribution < -0.4 is 15.5 Å². The van der Waals surface area contributed by atoms with Crippen molar-refractivity contribution in [2.75, 3.05) is 12.4 Å². The van der Waals surface area contributed by atoms with E-state index in [4.69, 9.17) is 9.15 Å². The first-order valence-corrected chi connectivity index (χ1v) is 9.38. The predicted molar refractivity (Wildman–Crippen MR) is 115 cm³/mol. The molecule has 0 radical (unpaired) electrons. The number of ether oxygens (including phenoxy) is 1. The van der Waals surface area contributed by atoms with E-state index in [1.165, 1.54) is 6.26 Å². The molecule has 0 aliphatic rings. The molecular weight excluding hydrogens is 382 g/mol. The van der Waals surface area contributed by atoms with Gasteiger partial charge >= 0.3 is 0 Å². The maximum atomic E-state index is 12.3.